The molecule has 0 heterocycles. The Bertz CT molecular complexity index is 71.3. The van der Waals surface area contributed by atoms with Crippen LogP contribution in [0.4, 0.5) is 0 Å². The van der Waals surface area contributed by atoms with E-state index in [1.165, 1.54) is 0 Å². The quantitative estimate of drug-likeness (QED) is 0.328. The summed E-state index contributed by atoms with van der Waals surface area (Å²) in [5.41, 5.74) is 0. The van der Waals surface area contributed by atoms with Crippen LogP contribution in [0.25, 0.3) is 0 Å². The van der Waals surface area contributed by atoms with Crippen LogP contribution >= 0.6 is 0 Å². The van der Waals surface area contributed by atoms with Gasteiger partial charge in [0, 0.05) is 4.99 Å². The lowest BCUT2D eigenvalue weighted by Crippen LogP contribution is -3.13. The zero-order chi connectivity index (χ0) is 7.98. The van der Waals surface area contributed by atoms with E-state index in [0.29, 0.717) is 0 Å². The van der Waals surface area contributed by atoms with Gasteiger partial charge in [0.2, 0.25) is 0 Å². The van der Waals surface area contributed by atoms with Crippen LogP contribution in [0.2, 0.25) is 0 Å². The third-order valence-corrected chi connectivity index (χ3v) is 0.658. The molecule has 0 amide bonds. The number of hydrogen-bond donors (Lipinski definition) is 2. The van der Waals surface area contributed by atoms with Gasteiger partial charge in [-0.1, -0.05) is 0 Å². The van der Waals surface area contributed by atoms with Crippen molar-refractivity contribution in [3.8, 4) is 0 Å². The fourth-order valence-electron chi connectivity index (χ4n) is 0.173. The van der Waals surface area contributed by atoms with E-state index in [4.69, 9.17) is 0 Å². The number of rotatable bonds is 5. The average Bonchev–Trinajstić information content (AvgIpc) is 1.99. The number of nitrogens with one attached hydrogen (secondary N) is 2. The molecule has 7 heteroatoms. The minimum absolute atomic E-state index is 0.150. The molecule has 10 heavy (non-hydrogen) atoms. The van der Waals surface area contributed by atoms with Gasteiger partial charge in [-0.2, -0.15) is 10.1 Å². The molecular weight excluding hydrogens is 144 g/mol. The topological polar surface area (TPSA) is 82.7 Å². The van der Waals surface area contributed by atoms with Crippen LogP contribution in [0.15, 0.2) is 0 Å². The molecule has 7 nitrogen and oxygen atoms in total. The standard InChI is InChI=1S/C3H10N2O5/c1-3-4(6)9-10-5(7)8-2/h4-5H,3H2,1-2H3. The van der Waals surface area contributed by atoms with Gasteiger partial charge in [-0.25, -0.2) is 0 Å². The zero-order valence-corrected chi connectivity index (χ0v) is 5.75. The highest BCUT2D eigenvalue weighted by Crippen LogP contribution is 1.51. The summed E-state index contributed by atoms with van der Waals surface area (Å²) in [6.45, 7) is 1.72. The number of hydrogen-bond acceptors (Lipinski definition) is 5. The second-order valence-corrected chi connectivity index (χ2v) is 1.35. The molecule has 2 unspecified atom stereocenters. The summed E-state index contributed by atoms with van der Waals surface area (Å²) in [7, 11) is 1.11. The number of hydroxylamine groups is 2. The van der Waals surface area contributed by atoms with Crippen LogP contribution in [0.3, 0.4) is 0 Å². The van der Waals surface area contributed by atoms with Crippen LogP contribution in [-0.2, 0) is 14.8 Å². The maximum Gasteiger partial charge on any atom is 0.107 e. The van der Waals surface area contributed by atoms with E-state index < -0.39 is 10.6 Å². The van der Waals surface area contributed by atoms with Crippen molar-refractivity contribution in [3.63, 3.8) is 0 Å². The maximum absolute atomic E-state index is 10.3. The lowest BCUT2D eigenvalue weighted by Gasteiger charge is -2.17. The van der Waals surface area contributed by atoms with Gasteiger partial charge in [0.15, 0.2) is 0 Å². The molecule has 0 aromatic carbocycles. The first-order chi connectivity index (χ1) is 4.70. The van der Waals surface area contributed by atoms with Crippen molar-refractivity contribution in [2.24, 2.45) is 0 Å². The van der Waals surface area contributed by atoms with Gasteiger partial charge in [0.05, 0.1) is 4.99 Å². The molecule has 62 valence electrons. The molecule has 0 aliphatic heterocycles. The van der Waals surface area contributed by atoms with Crippen LogP contribution in [-0.4, -0.2) is 13.7 Å². The van der Waals surface area contributed by atoms with Crippen molar-refractivity contribution in [2.45, 2.75) is 6.92 Å². The Kier molecular flexibility index (Phi) is 5.35. The predicted octanol–water partition coefficient (Wildman–Crippen LogP) is -2.89. The van der Waals surface area contributed by atoms with Crippen LogP contribution in [0.5, 0.6) is 0 Å². The van der Waals surface area contributed by atoms with Gasteiger partial charge < -0.3 is 10.4 Å². The van der Waals surface area contributed by atoms with E-state index >= 15 is 0 Å². The highest BCUT2D eigenvalue weighted by atomic mass is 17.5. The average molecular weight is 154 g/mol. The molecular formula is C3H10N2O5. The monoisotopic (exact) mass is 154 g/mol. The molecule has 0 radical (unpaired) electrons. The molecule has 0 fully saturated rings. The highest BCUT2D eigenvalue weighted by Gasteiger charge is 2.00. The van der Waals surface area contributed by atoms with Gasteiger partial charge in [0.25, 0.3) is 0 Å². The smallest absolute Gasteiger partial charge is 0.107 e. The van der Waals surface area contributed by atoms with Crippen LogP contribution < -0.4 is 10.6 Å². The largest absolute Gasteiger partial charge is 0.597 e. The Hall–Kier alpha value is -0.280. The second-order valence-electron chi connectivity index (χ2n) is 1.35. The SMILES string of the molecule is CC[NH+]([O-])OO[NH+]([O-])OC. The summed E-state index contributed by atoms with van der Waals surface area (Å²) >= 11 is 0. The Labute approximate surface area is 57.6 Å². The molecule has 0 aliphatic carbocycles. The van der Waals surface area contributed by atoms with Gasteiger partial charge in [-0.3, -0.25) is 0 Å². The Morgan fingerprint density at radius 2 is 1.90 bits per heavy atom. The van der Waals surface area contributed by atoms with Crippen molar-refractivity contribution in [1.82, 2.24) is 0 Å². The molecule has 0 rings (SSSR count). The van der Waals surface area contributed by atoms with E-state index in [0.717, 1.165) is 7.11 Å². The molecule has 0 aliphatic rings. The van der Waals surface area contributed by atoms with E-state index in [9.17, 15) is 10.4 Å². The first kappa shape index (κ1) is 9.72. The molecule has 0 aromatic rings. The van der Waals surface area contributed by atoms with E-state index in [2.05, 4.69) is 14.8 Å². The molecule has 0 saturated heterocycles. The van der Waals surface area contributed by atoms with Crippen LogP contribution in [0, 0.1) is 10.4 Å². The minimum Gasteiger partial charge on any atom is -0.597 e. The Morgan fingerprint density at radius 3 is 2.30 bits per heavy atom. The molecule has 0 spiro atoms. The number of quaternary nitrogens is 2. The molecule has 2 N–H and O–H groups in total. The summed E-state index contributed by atoms with van der Waals surface area (Å²) in [5, 5.41) is 18.7. The van der Waals surface area contributed by atoms with Crippen LogP contribution in [0.1, 0.15) is 6.92 Å². The van der Waals surface area contributed by atoms with E-state index in [-0.39, 0.29) is 6.54 Å². The summed E-state index contributed by atoms with van der Waals surface area (Å²) in [4.78, 5) is 11.8. The van der Waals surface area contributed by atoms with Gasteiger partial charge >= 0.3 is 0 Å². The lowest BCUT2D eigenvalue weighted by molar-refractivity contribution is -1.31. The molecule has 2 atom stereocenters. The predicted molar refractivity (Wildman–Crippen MR) is 28.4 cm³/mol. The van der Waals surface area contributed by atoms with Crippen molar-refractivity contribution in [2.75, 3.05) is 13.7 Å². The first-order valence-corrected chi connectivity index (χ1v) is 2.66. The zero-order valence-electron chi connectivity index (χ0n) is 5.75. The van der Waals surface area contributed by atoms with E-state index in [1.807, 2.05) is 0 Å². The molecule has 0 saturated carbocycles. The summed E-state index contributed by atoms with van der Waals surface area (Å²) in [6.07, 6.45) is 0. The third-order valence-electron chi connectivity index (χ3n) is 0.658. The van der Waals surface area contributed by atoms with Crippen molar-refractivity contribution < 1.29 is 25.4 Å². The van der Waals surface area contributed by atoms with Gasteiger partial charge in [-0.15, -0.1) is 0 Å². The highest BCUT2D eigenvalue weighted by molar-refractivity contribution is 3.97. The first-order valence-electron chi connectivity index (χ1n) is 2.66. The maximum atomic E-state index is 10.3. The fraction of sp³-hybridized carbons (Fsp3) is 1.00. The lowest BCUT2D eigenvalue weighted by atomic mass is 10.8. The third kappa shape index (κ3) is 4.58. The fourth-order valence-corrected chi connectivity index (χ4v) is 0.173. The minimum atomic E-state index is -1.04. The van der Waals surface area contributed by atoms with Crippen molar-refractivity contribution in [1.29, 1.82) is 0 Å². The van der Waals surface area contributed by atoms with Crippen molar-refractivity contribution in [3.05, 3.63) is 10.4 Å². The van der Waals surface area contributed by atoms with Gasteiger partial charge in [0.1, 0.15) is 13.7 Å². The second kappa shape index (κ2) is 5.50. The molecule has 0 aromatic heterocycles. The van der Waals surface area contributed by atoms with Gasteiger partial charge in [-0.05, 0) is 12.3 Å². The summed E-state index contributed by atoms with van der Waals surface area (Å²) in [5.74, 6) is 0. The Balaban J connectivity index is 3.17. The summed E-state index contributed by atoms with van der Waals surface area (Å²) < 4.78 is 0. The Morgan fingerprint density at radius 1 is 1.30 bits per heavy atom. The summed E-state index contributed by atoms with van der Waals surface area (Å²) in [6, 6.07) is 0. The molecule has 0 bridgehead atoms. The van der Waals surface area contributed by atoms with E-state index in [1.54, 1.807) is 6.92 Å². The van der Waals surface area contributed by atoms with Crippen molar-refractivity contribution >= 4 is 0 Å². The normalized spacial score (nSPS) is 16.8.